The Hall–Kier alpha value is -1.81. The standard InChI is InChI=1S/C19H25NO2S/c1-4-5-17(20-16-8-10-18(22-3)11-9-16)14-23(21)19-12-6-15(2)7-13-19/h6-13,17,20H,4-5,14H2,1-3H3/t17-,23-/m1/s1. The predicted molar refractivity (Wildman–Crippen MR) is 97.8 cm³/mol. The van der Waals surface area contributed by atoms with E-state index < -0.39 is 10.8 Å². The highest BCUT2D eigenvalue weighted by Gasteiger charge is 2.13. The van der Waals surface area contributed by atoms with Crippen LogP contribution in [-0.4, -0.2) is 23.1 Å². The molecule has 2 aromatic rings. The van der Waals surface area contributed by atoms with E-state index in [0.29, 0.717) is 5.75 Å². The molecule has 0 spiro atoms. The maximum atomic E-state index is 12.6. The minimum absolute atomic E-state index is 0.190. The van der Waals surface area contributed by atoms with E-state index >= 15 is 0 Å². The monoisotopic (exact) mass is 331 g/mol. The molecule has 0 amide bonds. The summed E-state index contributed by atoms with van der Waals surface area (Å²) in [6, 6.07) is 16.0. The van der Waals surface area contributed by atoms with Crippen molar-refractivity contribution in [3.63, 3.8) is 0 Å². The van der Waals surface area contributed by atoms with Crippen molar-refractivity contribution in [2.75, 3.05) is 18.2 Å². The van der Waals surface area contributed by atoms with Crippen LogP contribution < -0.4 is 10.1 Å². The Balaban J connectivity index is 2.02. The molecule has 0 fully saturated rings. The molecule has 2 rings (SSSR count). The third-order valence-corrected chi connectivity index (χ3v) is 5.24. The summed E-state index contributed by atoms with van der Waals surface area (Å²) in [6.07, 6.45) is 2.04. The summed E-state index contributed by atoms with van der Waals surface area (Å²) in [5.41, 5.74) is 2.22. The Kier molecular flexibility index (Phi) is 6.66. The highest BCUT2D eigenvalue weighted by Crippen LogP contribution is 2.18. The molecule has 0 aliphatic heterocycles. The largest absolute Gasteiger partial charge is 0.497 e. The first-order valence-corrected chi connectivity index (χ1v) is 9.30. The Bertz CT molecular complexity index is 623. The van der Waals surface area contributed by atoms with Gasteiger partial charge in [0.2, 0.25) is 0 Å². The summed E-state index contributed by atoms with van der Waals surface area (Å²) in [6.45, 7) is 4.19. The molecule has 124 valence electrons. The van der Waals surface area contributed by atoms with Gasteiger partial charge in [-0.25, -0.2) is 0 Å². The number of nitrogens with one attached hydrogen (secondary N) is 1. The summed E-state index contributed by atoms with van der Waals surface area (Å²) < 4.78 is 17.8. The van der Waals surface area contributed by atoms with Crippen LogP contribution >= 0.6 is 0 Å². The van der Waals surface area contributed by atoms with Gasteiger partial charge in [-0.15, -0.1) is 0 Å². The van der Waals surface area contributed by atoms with Gasteiger partial charge in [0.1, 0.15) is 5.75 Å². The summed E-state index contributed by atoms with van der Waals surface area (Å²) in [7, 11) is 0.670. The van der Waals surface area contributed by atoms with Crippen LogP contribution in [0.5, 0.6) is 5.75 Å². The van der Waals surface area contributed by atoms with Crippen LogP contribution in [0.1, 0.15) is 25.3 Å². The quantitative estimate of drug-likeness (QED) is 0.779. The Labute approximate surface area is 141 Å². The van der Waals surface area contributed by atoms with Gasteiger partial charge in [-0.1, -0.05) is 31.0 Å². The zero-order chi connectivity index (χ0) is 16.7. The lowest BCUT2D eigenvalue weighted by atomic mass is 10.2. The van der Waals surface area contributed by atoms with Gasteiger partial charge in [0.05, 0.1) is 17.9 Å². The number of anilines is 1. The second kappa shape index (κ2) is 8.73. The van der Waals surface area contributed by atoms with Crippen LogP contribution in [0.2, 0.25) is 0 Å². The maximum Gasteiger partial charge on any atom is 0.119 e. The first-order chi connectivity index (χ1) is 11.1. The number of methoxy groups -OCH3 is 1. The average molecular weight is 331 g/mol. The highest BCUT2D eigenvalue weighted by atomic mass is 32.2. The van der Waals surface area contributed by atoms with Crippen molar-refractivity contribution in [1.29, 1.82) is 0 Å². The van der Waals surface area contributed by atoms with Gasteiger partial charge >= 0.3 is 0 Å². The second-order valence-electron chi connectivity index (χ2n) is 5.68. The third kappa shape index (κ3) is 5.39. The molecule has 2 aromatic carbocycles. The lowest BCUT2D eigenvalue weighted by Crippen LogP contribution is -2.26. The van der Waals surface area contributed by atoms with Crippen molar-refractivity contribution in [3.05, 3.63) is 54.1 Å². The fraction of sp³-hybridized carbons (Fsp3) is 0.368. The van der Waals surface area contributed by atoms with Gasteiger partial charge < -0.3 is 10.1 Å². The smallest absolute Gasteiger partial charge is 0.119 e. The lowest BCUT2D eigenvalue weighted by Gasteiger charge is -2.19. The number of aryl methyl sites for hydroxylation is 1. The molecule has 4 heteroatoms. The summed E-state index contributed by atoms with van der Waals surface area (Å²) >= 11 is 0. The number of rotatable bonds is 8. The Morgan fingerprint density at radius 3 is 2.30 bits per heavy atom. The fourth-order valence-electron chi connectivity index (χ4n) is 2.44. The first-order valence-electron chi connectivity index (χ1n) is 7.98. The number of ether oxygens (including phenoxy) is 1. The molecule has 0 aromatic heterocycles. The van der Waals surface area contributed by atoms with E-state index in [9.17, 15) is 4.21 Å². The zero-order valence-electron chi connectivity index (χ0n) is 14.0. The molecule has 0 aliphatic rings. The van der Waals surface area contributed by atoms with E-state index in [1.54, 1.807) is 7.11 Å². The molecule has 23 heavy (non-hydrogen) atoms. The van der Waals surface area contributed by atoms with Crippen molar-refractivity contribution < 1.29 is 8.95 Å². The van der Waals surface area contributed by atoms with Gasteiger partial charge in [-0.2, -0.15) is 0 Å². The van der Waals surface area contributed by atoms with Gasteiger partial charge in [0, 0.05) is 22.4 Å². The zero-order valence-corrected chi connectivity index (χ0v) is 14.9. The number of hydrogen-bond acceptors (Lipinski definition) is 3. The summed E-state index contributed by atoms with van der Waals surface area (Å²) in [4.78, 5) is 0.897. The van der Waals surface area contributed by atoms with Gasteiger partial charge in [-0.3, -0.25) is 4.21 Å². The molecule has 3 nitrogen and oxygen atoms in total. The molecule has 0 bridgehead atoms. The molecule has 0 saturated heterocycles. The van der Waals surface area contributed by atoms with E-state index in [1.165, 1.54) is 5.56 Å². The number of benzene rings is 2. The molecular weight excluding hydrogens is 306 g/mol. The van der Waals surface area contributed by atoms with E-state index in [2.05, 4.69) is 12.2 Å². The average Bonchev–Trinajstić information content (AvgIpc) is 2.56. The van der Waals surface area contributed by atoms with Gasteiger partial charge in [0.15, 0.2) is 0 Å². The minimum Gasteiger partial charge on any atom is -0.497 e. The van der Waals surface area contributed by atoms with Gasteiger partial charge in [0.25, 0.3) is 0 Å². The van der Waals surface area contributed by atoms with Crippen LogP contribution in [0.3, 0.4) is 0 Å². The predicted octanol–water partition coefficient (Wildman–Crippen LogP) is 4.39. The molecule has 2 atom stereocenters. The highest BCUT2D eigenvalue weighted by molar-refractivity contribution is 7.85. The SMILES string of the molecule is CCC[C@H](C[S@@](=O)c1ccc(C)cc1)Nc1ccc(OC)cc1. The van der Waals surface area contributed by atoms with Crippen molar-refractivity contribution in [2.24, 2.45) is 0 Å². The summed E-state index contributed by atoms with van der Waals surface area (Å²) in [5, 5.41) is 3.49. The lowest BCUT2D eigenvalue weighted by molar-refractivity contribution is 0.415. The first kappa shape index (κ1) is 17.5. The Morgan fingerprint density at radius 1 is 1.09 bits per heavy atom. The molecule has 0 aliphatic carbocycles. The van der Waals surface area contributed by atoms with E-state index in [4.69, 9.17) is 4.74 Å². The third-order valence-electron chi connectivity index (χ3n) is 3.73. The van der Waals surface area contributed by atoms with Crippen LogP contribution in [-0.2, 0) is 10.8 Å². The molecular formula is C19H25NO2S. The van der Waals surface area contributed by atoms with Crippen LogP contribution in [0.4, 0.5) is 5.69 Å². The summed E-state index contributed by atoms with van der Waals surface area (Å²) in [5.74, 6) is 1.45. The van der Waals surface area contributed by atoms with Crippen LogP contribution in [0.15, 0.2) is 53.4 Å². The van der Waals surface area contributed by atoms with E-state index in [0.717, 1.165) is 29.2 Å². The Morgan fingerprint density at radius 2 is 1.74 bits per heavy atom. The minimum atomic E-state index is -0.990. The van der Waals surface area contributed by atoms with Gasteiger partial charge in [-0.05, 0) is 49.7 Å². The van der Waals surface area contributed by atoms with Crippen LogP contribution in [0.25, 0.3) is 0 Å². The normalized spacial score (nSPS) is 13.3. The molecule has 1 N–H and O–H groups in total. The van der Waals surface area contributed by atoms with Crippen LogP contribution in [0, 0.1) is 6.92 Å². The fourth-order valence-corrected chi connectivity index (χ4v) is 3.69. The van der Waals surface area contributed by atoms with Crippen molar-refractivity contribution >= 4 is 16.5 Å². The van der Waals surface area contributed by atoms with E-state index in [-0.39, 0.29) is 6.04 Å². The van der Waals surface area contributed by atoms with Crippen molar-refractivity contribution in [3.8, 4) is 5.75 Å². The molecule has 0 saturated carbocycles. The van der Waals surface area contributed by atoms with E-state index in [1.807, 2.05) is 55.5 Å². The van der Waals surface area contributed by atoms with Crippen molar-refractivity contribution in [2.45, 2.75) is 37.6 Å². The molecule has 0 unspecified atom stereocenters. The maximum absolute atomic E-state index is 12.6. The van der Waals surface area contributed by atoms with Crippen molar-refractivity contribution in [1.82, 2.24) is 0 Å². The second-order valence-corrected chi connectivity index (χ2v) is 7.18. The topological polar surface area (TPSA) is 38.3 Å². The molecule has 0 radical (unpaired) electrons. The molecule has 0 heterocycles. The number of hydrogen-bond donors (Lipinski definition) is 1.